The lowest BCUT2D eigenvalue weighted by molar-refractivity contribution is -0.117. The summed E-state index contributed by atoms with van der Waals surface area (Å²) in [6.07, 6.45) is 3.35. The summed E-state index contributed by atoms with van der Waals surface area (Å²) in [7, 11) is 0. The van der Waals surface area contributed by atoms with E-state index in [1.54, 1.807) is 0 Å². The van der Waals surface area contributed by atoms with Crippen LogP contribution >= 0.6 is 11.6 Å². The van der Waals surface area contributed by atoms with Crippen LogP contribution in [-0.4, -0.2) is 37.0 Å². The first-order valence-corrected chi connectivity index (χ1v) is 9.64. The topological polar surface area (TPSA) is 44.4 Å². The van der Waals surface area contributed by atoms with Crippen molar-refractivity contribution < 1.29 is 4.79 Å². The Bertz CT molecular complexity index is 714. The highest BCUT2D eigenvalue weighted by Crippen LogP contribution is 2.23. The quantitative estimate of drug-likeness (QED) is 0.695. The second-order valence-corrected chi connectivity index (χ2v) is 7.17. The maximum atomic E-state index is 12.2. The van der Waals surface area contributed by atoms with E-state index in [-0.39, 0.29) is 5.91 Å². The minimum Gasteiger partial charge on any atom is -0.324 e. The number of nitrogens with one attached hydrogen (secondary N) is 2. The third kappa shape index (κ3) is 5.84. The predicted octanol–water partition coefficient (Wildman–Crippen LogP) is 3.71. The highest BCUT2D eigenvalue weighted by molar-refractivity contribution is 6.33. The fraction of sp³-hybridized carbons (Fsp3) is 0.381. The summed E-state index contributed by atoms with van der Waals surface area (Å²) in [5.74, 6) is 0.00277. The number of carbonyl (C=O) groups excluding carboxylic acids is 1. The molecule has 138 valence electrons. The van der Waals surface area contributed by atoms with Crippen LogP contribution in [0.25, 0.3) is 0 Å². The van der Waals surface area contributed by atoms with Crippen LogP contribution in [0.4, 0.5) is 5.69 Å². The van der Waals surface area contributed by atoms with Crippen molar-refractivity contribution in [3.05, 3.63) is 64.7 Å². The monoisotopic (exact) mass is 371 g/mol. The second kappa shape index (κ2) is 9.72. The number of anilines is 1. The predicted molar refractivity (Wildman–Crippen MR) is 108 cm³/mol. The molecule has 3 rings (SSSR count). The van der Waals surface area contributed by atoms with Crippen molar-refractivity contribution in [2.24, 2.45) is 0 Å². The molecule has 4 nitrogen and oxygen atoms in total. The molecule has 1 saturated heterocycles. The van der Waals surface area contributed by atoms with Crippen molar-refractivity contribution in [1.82, 2.24) is 10.2 Å². The standard InChI is InChI=1S/C21H26ClN3O/c22-19-9-8-18(15-23-11-10-17-6-2-1-3-7-17)14-20(19)24-21(26)16-25-12-4-5-13-25/h1-3,6-9,14,23H,4-5,10-13,15-16H2,(H,24,26). The summed E-state index contributed by atoms with van der Waals surface area (Å²) in [4.78, 5) is 14.4. The van der Waals surface area contributed by atoms with E-state index >= 15 is 0 Å². The molecule has 0 unspecified atom stereocenters. The Morgan fingerprint density at radius 1 is 1.04 bits per heavy atom. The molecule has 0 radical (unpaired) electrons. The van der Waals surface area contributed by atoms with Crippen LogP contribution in [0, 0.1) is 0 Å². The largest absolute Gasteiger partial charge is 0.324 e. The molecule has 0 saturated carbocycles. The van der Waals surface area contributed by atoms with E-state index in [4.69, 9.17) is 11.6 Å². The summed E-state index contributed by atoms with van der Waals surface area (Å²) in [6, 6.07) is 16.2. The summed E-state index contributed by atoms with van der Waals surface area (Å²) < 4.78 is 0. The SMILES string of the molecule is O=C(CN1CCCC1)Nc1cc(CNCCc2ccccc2)ccc1Cl. The summed E-state index contributed by atoms with van der Waals surface area (Å²) >= 11 is 6.25. The average molecular weight is 372 g/mol. The average Bonchev–Trinajstić information content (AvgIpc) is 3.15. The molecule has 2 aromatic rings. The third-order valence-electron chi connectivity index (χ3n) is 4.63. The summed E-state index contributed by atoms with van der Waals surface area (Å²) in [5, 5.41) is 6.97. The van der Waals surface area contributed by atoms with Gasteiger partial charge in [0.15, 0.2) is 0 Å². The number of likely N-dealkylation sites (tertiary alicyclic amines) is 1. The number of halogens is 1. The van der Waals surface area contributed by atoms with Gasteiger partial charge in [-0.15, -0.1) is 0 Å². The van der Waals surface area contributed by atoms with E-state index in [2.05, 4.69) is 39.8 Å². The zero-order chi connectivity index (χ0) is 18.2. The molecule has 1 fully saturated rings. The van der Waals surface area contributed by atoms with E-state index < -0.39 is 0 Å². The van der Waals surface area contributed by atoms with Crippen LogP contribution in [0.2, 0.25) is 5.02 Å². The van der Waals surface area contributed by atoms with E-state index in [9.17, 15) is 4.79 Å². The molecule has 1 aliphatic rings. The molecule has 26 heavy (non-hydrogen) atoms. The van der Waals surface area contributed by atoms with Gasteiger partial charge in [-0.1, -0.05) is 48.0 Å². The molecule has 1 amide bonds. The van der Waals surface area contributed by atoms with Crippen molar-refractivity contribution in [3.8, 4) is 0 Å². The highest BCUT2D eigenvalue weighted by Gasteiger charge is 2.15. The molecule has 1 aliphatic heterocycles. The van der Waals surface area contributed by atoms with Gasteiger partial charge in [-0.05, 0) is 62.2 Å². The molecular formula is C21H26ClN3O. The van der Waals surface area contributed by atoms with Crippen molar-refractivity contribution in [3.63, 3.8) is 0 Å². The maximum Gasteiger partial charge on any atom is 0.238 e. The molecule has 1 heterocycles. The number of nitrogens with zero attached hydrogens (tertiary/aromatic N) is 1. The Kier molecular flexibility index (Phi) is 7.06. The first-order chi connectivity index (χ1) is 12.7. The fourth-order valence-electron chi connectivity index (χ4n) is 3.22. The molecule has 0 spiro atoms. The van der Waals surface area contributed by atoms with Gasteiger partial charge in [0.05, 0.1) is 17.3 Å². The molecule has 0 atom stereocenters. The van der Waals surface area contributed by atoms with Crippen molar-refractivity contribution >= 4 is 23.2 Å². The Labute approximate surface area is 160 Å². The van der Waals surface area contributed by atoms with Crippen molar-refractivity contribution in [2.75, 3.05) is 31.5 Å². The number of benzene rings is 2. The van der Waals surface area contributed by atoms with Crippen molar-refractivity contribution in [2.45, 2.75) is 25.8 Å². The molecule has 0 bridgehead atoms. The van der Waals surface area contributed by atoms with Gasteiger partial charge in [0.1, 0.15) is 0 Å². The number of carbonyl (C=O) groups is 1. The van der Waals surface area contributed by atoms with E-state index in [1.165, 1.54) is 18.4 Å². The summed E-state index contributed by atoms with van der Waals surface area (Å²) in [5.41, 5.74) is 3.13. The van der Waals surface area contributed by atoms with Gasteiger partial charge in [0, 0.05) is 6.54 Å². The van der Waals surface area contributed by atoms with Crippen LogP contribution in [-0.2, 0) is 17.8 Å². The smallest absolute Gasteiger partial charge is 0.238 e. The van der Waals surface area contributed by atoms with E-state index in [0.717, 1.165) is 38.2 Å². The number of hydrogen-bond donors (Lipinski definition) is 2. The van der Waals surface area contributed by atoms with Gasteiger partial charge >= 0.3 is 0 Å². The summed E-state index contributed by atoms with van der Waals surface area (Å²) in [6.45, 7) is 4.11. The Balaban J connectivity index is 1.47. The van der Waals surface area contributed by atoms with Crippen LogP contribution in [0.1, 0.15) is 24.0 Å². The molecule has 0 aromatic heterocycles. The highest BCUT2D eigenvalue weighted by atomic mass is 35.5. The Morgan fingerprint density at radius 2 is 1.81 bits per heavy atom. The number of amides is 1. The lowest BCUT2D eigenvalue weighted by Crippen LogP contribution is -2.31. The Morgan fingerprint density at radius 3 is 2.58 bits per heavy atom. The molecule has 2 aromatic carbocycles. The van der Waals surface area contributed by atoms with Crippen LogP contribution in [0.5, 0.6) is 0 Å². The van der Waals surface area contributed by atoms with Gasteiger partial charge in [-0.25, -0.2) is 0 Å². The molecular weight excluding hydrogens is 346 g/mol. The fourth-order valence-corrected chi connectivity index (χ4v) is 3.39. The van der Waals surface area contributed by atoms with Gasteiger partial charge < -0.3 is 10.6 Å². The Hall–Kier alpha value is -1.88. The lowest BCUT2D eigenvalue weighted by Gasteiger charge is -2.15. The maximum absolute atomic E-state index is 12.2. The number of rotatable bonds is 8. The molecule has 0 aliphatic carbocycles. The van der Waals surface area contributed by atoms with Crippen LogP contribution in [0.3, 0.4) is 0 Å². The van der Waals surface area contributed by atoms with Crippen LogP contribution in [0.15, 0.2) is 48.5 Å². The van der Waals surface area contributed by atoms with Gasteiger partial charge in [-0.3, -0.25) is 9.69 Å². The van der Waals surface area contributed by atoms with E-state index in [1.807, 2.05) is 24.3 Å². The number of hydrogen-bond acceptors (Lipinski definition) is 3. The first-order valence-electron chi connectivity index (χ1n) is 9.26. The zero-order valence-corrected chi connectivity index (χ0v) is 15.8. The van der Waals surface area contributed by atoms with E-state index in [0.29, 0.717) is 17.3 Å². The van der Waals surface area contributed by atoms with Gasteiger partial charge in [0.25, 0.3) is 0 Å². The first kappa shape index (κ1) is 18.9. The van der Waals surface area contributed by atoms with Gasteiger partial charge in [0.2, 0.25) is 5.91 Å². The lowest BCUT2D eigenvalue weighted by atomic mass is 10.1. The minimum absolute atomic E-state index is 0.00277. The third-order valence-corrected chi connectivity index (χ3v) is 4.96. The second-order valence-electron chi connectivity index (χ2n) is 6.76. The zero-order valence-electron chi connectivity index (χ0n) is 15.0. The van der Waals surface area contributed by atoms with Gasteiger partial charge in [-0.2, -0.15) is 0 Å². The normalized spacial score (nSPS) is 14.5. The molecule has 2 N–H and O–H groups in total. The molecule has 5 heteroatoms. The van der Waals surface area contributed by atoms with Crippen LogP contribution < -0.4 is 10.6 Å². The van der Waals surface area contributed by atoms with Crippen molar-refractivity contribution in [1.29, 1.82) is 0 Å². The minimum atomic E-state index is 0.00277.